The van der Waals surface area contributed by atoms with E-state index >= 15 is 0 Å². The summed E-state index contributed by atoms with van der Waals surface area (Å²) in [5.74, 6) is -1.53. The predicted octanol–water partition coefficient (Wildman–Crippen LogP) is 2.97. The van der Waals surface area contributed by atoms with Gasteiger partial charge in [-0.25, -0.2) is 19.7 Å². The first-order valence-electron chi connectivity index (χ1n) is 10.4. The van der Waals surface area contributed by atoms with Gasteiger partial charge in [0.25, 0.3) is 0 Å². The van der Waals surface area contributed by atoms with E-state index in [1.54, 1.807) is 17.9 Å². The molecule has 0 saturated carbocycles. The number of rotatable bonds is 6. The number of anilines is 1. The molecule has 1 N–H and O–H groups in total. The van der Waals surface area contributed by atoms with E-state index in [4.69, 9.17) is 0 Å². The molecule has 36 heavy (non-hydrogen) atoms. The molecule has 10 nitrogen and oxygen atoms in total. The van der Waals surface area contributed by atoms with Crippen molar-refractivity contribution in [1.29, 1.82) is 0 Å². The van der Waals surface area contributed by atoms with Gasteiger partial charge in [-0.1, -0.05) is 0 Å². The zero-order chi connectivity index (χ0) is 25.8. The SMILES string of the molecule is Cc1cc(N2CC(C(=O)Cc3nc(C(F)(F)F)cs3)C2)nc2c1c(=O)c(C(=O)O)cn2-c1ncns1. The van der Waals surface area contributed by atoms with Gasteiger partial charge in [-0.3, -0.25) is 14.2 Å². The van der Waals surface area contributed by atoms with Crippen molar-refractivity contribution in [2.75, 3.05) is 18.0 Å². The number of carbonyl (C=O) groups is 2. The molecule has 0 unspecified atom stereocenters. The monoisotopic (exact) mass is 536 g/mol. The van der Waals surface area contributed by atoms with Crippen LogP contribution in [0, 0.1) is 12.8 Å². The Hall–Kier alpha value is -3.72. The minimum absolute atomic E-state index is 0.112. The Labute approximate surface area is 207 Å². The van der Waals surface area contributed by atoms with Crippen molar-refractivity contribution in [3.05, 3.63) is 56.0 Å². The molecular weight excluding hydrogens is 521 g/mol. The number of aromatic carboxylic acids is 1. The van der Waals surface area contributed by atoms with E-state index in [-0.39, 0.29) is 28.2 Å². The number of ketones is 1. The normalized spacial score (nSPS) is 14.3. The summed E-state index contributed by atoms with van der Waals surface area (Å²) >= 11 is 1.80. The fourth-order valence-electron chi connectivity index (χ4n) is 3.90. The number of hydrogen-bond donors (Lipinski definition) is 1. The van der Waals surface area contributed by atoms with Crippen LogP contribution in [-0.2, 0) is 17.4 Å². The Morgan fingerprint density at radius 2 is 2.00 bits per heavy atom. The number of aromatic nitrogens is 5. The number of thiazole rings is 1. The van der Waals surface area contributed by atoms with Gasteiger partial charge in [0.1, 0.15) is 28.5 Å². The number of carbonyl (C=O) groups excluding carboxylic acids is 1. The maximum atomic E-state index is 12.9. The van der Waals surface area contributed by atoms with E-state index in [1.165, 1.54) is 10.9 Å². The number of Topliss-reactive ketones (excluding diaryl/α,β-unsaturated/α-hetero) is 1. The van der Waals surface area contributed by atoms with Crippen LogP contribution in [0.4, 0.5) is 19.0 Å². The highest BCUT2D eigenvalue weighted by atomic mass is 32.1. The molecule has 0 atom stereocenters. The third-order valence-electron chi connectivity index (χ3n) is 5.76. The van der Waals surface area contributed by atoms with Crippen LogP contribution >= 0.6 is 22.9 Å². The number of nitrogens with zero attached hydrogens (tertiary/aromatic N) is 6. The lowest BCUT2D eigenvalue weighted by molar-refractivity contribution is -0.141. The van der Waals surface area contributed by atoms with Gasteiger partial charge in [-0.2, -0.15) is 17.5 Å². The molecule has 0 aliphatic carbocycles. The zero-order valence-electron chi connectivity index (χ0n) is 18.3. The minimum atomic E-state index is -4.55. The van der Waals surface area contributed by atoms with Gasteiger partial charge < -0.3 is 10.0 Å². The number of hydrogen-bond acceptors (Lipinski definition) is 10. The highest BCUT2D eigenvalue weighted by Gasteiger charge is 2.36. The standard InChI is InChI=1S/C21H15F3N6O4S2/c1-9-2-14(29-4-10(5-29)12(31)3-15-27-13(7-35-15)21(22,23)24)28-18-16(9)17(32)11(19(33)34)6-30(18)20-25-8-26-36-20/h2,6-8,10H,3-5H2,1H3,(H,33,34). The lowest BCUT2D eigenvalue weighted by atomic mass is 9.93. The second kappa shape index (κ2) is 8.74. The van der Waals surface area contributed by atoms with Gasteiger partial charge in [0, 0.05) is 36.2 Å². The number of alkyl halides is 3. The van der Waals surface area contributed by atoms with E-state index in [0.717, 1.165) is 34.4 Å². The van der Waals surface area contributed by atoms with Crippen LogP contribution in [0.15, 0.2) is 28.8 Å². The fraction of sp³-hybridized carbons (Fsp3) is 0.286. The summed E-state index contributed by atoms with van der Waals surface area (Å²) in [6.45, 7) is 2.25. The highest BCUT2D eigenvalue weighted by Crippen LogP contribution is 2.32. The van der Waals surface area contributed by atoms with Crippen molar-refractivity contribution in [2.45, 2.75) is 19.5 Å². The van der Waals surface area contributed by atoms with Gasteiger partial charge in [0.15, 0.2) is 11.3 Å². The largest absolute Gasteiger partial charge is 0.477 e. The Kier molecular flexibility index (Phi) is 5.83. The molecule has 5 heterocycles. The van der Waals surface area contributed by atoms with Crippen LogP contribution in [0.3, 0.4) is 0 Å². The molecule has 0 bridgehead atoms. The number of aryl methyl sites for hydroxylation is 1. The third-order valence-corrected chi connectivity index (χ3v) is 7.27. The topological polar surface area (TPSA) is 131 Å². The molecular formula is C21H15F3N6O4S2. The van der Waals surface area contributed by atoms with Crippen molar-refractivity contribution in [3.8, 4) is 5.13 Å². The Morgan fingerprint density at radius 3 is 2.61 bits per heavy atom. The van der Waals surface area contributed by atoms with Crippen LogP contribution in [0.25, 0.3) is 16.2 Å². The Bertz CT molecular complexity index is 1560. The van der Waals surface area contributed by atoms with E-state index < -0.39 is 34.7 Å². The smallest absolute Gasteiger partial charge is 0.434 e. The van der Waals surface area contributed by atoms with Gasteiger partial charge in [-0.15, -0.1) is 11.3 Å². The van der Waals surface area contributed by atoms with E-state index in [9.17, 15) is 32.7 Å². The lowest BCUT2D eigenvalue weighted by Crippen LogP contribution is -2.51. The molecule has 1 aliphatic rings. The maximum Gasteiger partial charge on any atom is 0.434 e. The molecule has 1 aliphatic heterocycles. The molecule has 186 valence electrons. The third kappa shape index (κ3) is 4.24. The summed E-state index contributed by atoms with van der Waals surface area (Å²) in [6.07, 6.45) is -2.27. The first-order chi connectivity index (χ1) is 17.0. The molecule has 0 aromatic carbocycles. The molecule has 5 rings (SSSR count). The second-order valence-corrected chi connectivity index (χ2v) is 9.84. The average molecular weight is 537 g/mol. The lowest BCUT2D eigenvalue weighted by Gasteiger charge is -2.39. The number of carboxylic acid groups (broad SMARTS) is 1. The second-order valence-electron chi connectivity index (χ2n) is 8.14. The van der Waals surface area contributed by atoms with Crippen molar-refractivity contribution in [3.63, 3.8) is 0 Å². The zero-order valence-corrected chi connectivity index (χ0v) is 19.9. The van der Waals surface area contributed by atoms with E-state index in [2.05, 4.69) is 19.3 Å². The summed E-state index contributed by atoms with van der Waals surface area (Å²) in [5, 5.41) is 11.0. The number of pyridine rings is 2. The summed E-state index contributed by atoms with van der Waals surface area (Å²) in [4.78, 5) is 51.1. The van der Waals surface area contributed by atoms with E-state index in [0.29, 0.717) is 29.6 Å². The fourth-order valence-corrected chi connectivity index (χ4v) is 5.22. The number of carboxylic acids is 1. The Morgan fingerprint density at radius 1 is 1.25 bits per heavy atom. The maximum absolute atomic E-state index is 12.9. The van der Waals surface area contributed by atoms with Gasteiger partial charge in [0.2, 0.25) is 10.6 Å². The number of halogens is 3. The minimum Gasteiger partial charge on any atom is -0.477 e. The van der Waals surface area contributed by atoms with Crippen molar-refractivity contribution in [2.24, 2.45) is 5.92 Å². The van der Waals surface area contributed by atoms with Gasteiger partial charge in [0.05, 0.1) is 17.7 Å². The molecule has 0 radical (unpaired) electrons. The molecule has 1 saturated heterocycles. The summed E-state index contributed by atoms with van der Waals surface area (Å²) in [5.41, 5.74) is -1.41. The Balaban J connectivity index is 1.41. The highest BCUT2D eigenvalue weighted by molar-refractivity contribution is 7.09. The molecule has 0 amide bonds. The van der Waals surface area contributed by atoms with Crippen LogP contribution in [0.2, 0.25) is 0 Å². The number of fused-ring (bicyclic) bond motifs is 1. The molecule has 4 aromatic heterocycles. The van der Waals surface area contributed by atoms with Crippen LogP contribution in [0.1, 0.15) is 26.6 Å². The van der Waals surface area contributed by atoms with Crippen molar-refractivity contribution < 1.29 is 27.9 Å². The van der Waals surface area contributed by atoms with Crippen LogP contribution in [0.5, 0.6) is 0 Å². The molecule has 4 aromatic rings. The van der Waals surface area contributed by atoms with Gasteiger partial charge in [-0.05, 0) is 18.6 Å². The van der Waals surface area contributed by atoms with Crippen molar-refractivity contribution >= 4 is 51.5 Å². The summed E-state index contributed by atoms with van der Waals surface area (Å²) < 4.78 is 43.6. The van der Waals surface area contributed by atoms with Crippen LogP contribution < -0.4 is 10.3 Å². The van der Waals surface area contributed by atoms with Crippen molar-refractivity contribution in [1.82, 2.24) is 23.9 Å². The molecule has 1 fully saturated rings. The first kappa shape index (κ1) is 24.0. The summed E-state index contributed by atoms with van der Waals surface area (Å²) in [7, 11) is 0. The van der Waals surface area contributed by atoms with Gasteiger partial charge >= 0.3 is 12.1 Å². The molecule has 0 spiro atoms. The van der Waals surface area contributed by atoms with E-state index in [1.807, 2.05) is 0 Å². The first-order valence-corrected chi connectivity index (χ1v) is 12.0. The average Bonchev–Trinajstić information content (AvgIpc) is 3.44. The summed E-state index contributed by atoms with van der Waals surface area (Å²) in [6, 6.07) is 1.64. The predicted molar refractivity (Wildman–Crippen MR) is 124 cm³/mol. The molecule has 15 heteroatoms. The van der Waals surface area contributed by atoms with Crippen LogP contribution in [-0.4, -0.2) is 53.8 Å². The quantitative estimate of drug-likeness (QED) is 0.395.